The number of nitrogens with two attached hydrogens (primary N) is 1. The third-order valence-corrected chi connectivity index (χ3v) is 4.35. The Morgan fingerprint density at radius 2 is 2.05 bits per heavy atom. The average Bonchev–Trinajstić information content (AvgIpc) is 2.27. The molecule has 3 N–H and O–H groups in total. The number of aromatic nitrogens is 1. The minimum absolute atomic E-state index is 0.141. The topological polar surface area (TPSA) is 119 Å². The highest BCUT2D eigenvalue weighted by molar-refractivity contribution is 7.93. The fourth-order valence-corrected chi connectivity index (χ4v) is 3.18. The number of allylic oxidation sites excluding steroid dienone is 1. The van der Waals surface area contributed by atoms with Crippen molar-refractivity contribution in [1.82, 2.24) is 4.98 Å². The molecule has 0 spiro atoms. The number of primary sulfonamides is 1. The lowest BCUT2D eigenvalue weighted by atomic mass is 10.3. The lowest BCUT2D eigenvalue weighted by Gasteiger charge is -2.09. The van der Waals surface area contributed by atoms with E-state index in [9.17, 15) is 16.8 Å². The van der Waals surface area contributed by atoms with E-state index in [1.54, 1.807) is 6.08 Å². The van der Waals surface area contributed by atoms with Gasteiger partial charge in [0.05, 0.1) is 11.4 Å². The summed E-state index contributed by atoms with van der Waals surface area (Å²) >= 11 is 0. The Morgan fingerprint density at radius 3 is 2.63 bits per heavy atom. The Hall–Kier alpha value is -1.45. The molecule has 0 aromatic carbocycles. The SMILES string of the molecule is C=CCCCS(=O)(=O)Nc1cccnc1S(N)(=O)=O. The van der Waals surface area contributed by atoms with Gasteiger partial charge in [0.25, 0.3) is 10.0 Å². The Kier molecular flexibility index (Phi) is 5.04. The smallest absolute Gasteiger partial charge is 0.257 e. The van der Waals surface area contributed by atoms with Gasteiger partial charge in [0.15, 0.2) is 5.03 Å². The fraction of sp³-hybridized carbons (Fsp3) is 0.300. The van der Waals surface area contributed by atoms with Gasteiger partial charge in [-0.3, -0.25) is 4.72 Å². The largest absolute Gasteiger partial charge is 0.281 e. The second-order valence-corrected chi connectivity index (χ2v) is 7.07. The van der Waals surface area contributed by atoms with E-state index in [0.717, 1.165) is 0 Å². The summed E-state index contributed by atoms with van der Waals surface area (Å²) < 4.78 is 48.2. The van der Waals surface area contributed by atoms with Crippen LogP contribution >= 0.6 is 0 Å². The average molecular weight is 305 g/mol. The summed E-state index contributed by atoms with van der Waals surface area (Å²) in [5.74, 6) is -0.141. The van der Waals surface area contributed by atoms with Crippen LogP contribution in [-0.2, 0) is 20.0 Å². The first-order valence-corrected chi connectivity index (χ1v) is 8.55. The normalized spacial score (nSPS) is 12.1. The van der Waals surface area contributed by atoms with Crippen LogP contribution in [0.25, 0.3) is 0 Å². The molecule has 0 unspecified atom stereocenters. The van der Waals surface area contributed by atoms with Crippen molar-refractivity contribution >= 4 is 25.7 Å². The van der Waals surface area contributed by atoms with Crippen molar-refractivity contribution in [2.75, 3.05) is 10.5 Å². The van der Waals surface area contributed by atoms with Crippen LogP contribution in [0.5, 0.6) is 0 Å². The van der Waals surface area contributed by atoms with Crippen LogP contribution in [0.1, 0.15) is 12.8 Å². The molecular weight excluding hydrogens is 290 g/mol. The molecule has 1 aromatic heterocycles. The van der Waals surface area contributed by atoms with Gasteiger partial charge in [-0.25, -0.2) is 27.0 Å². The fourth-order valence-electron chi connectivity index (χ4n) is 1.33. The maximum absolute atomic E-state index is 11.7. The summed E-state index contributed by atoms with van der Waals surface area (Å²) in [4.78, 5) is 3.57. The van der Waals surface area contributed by atoms with Crippen LogP contribution in [0.2, 0.25) is 0 Å². The standard InChI is InChI=1S/C10H15N3O4S2/c1-2-3-4-8-18(14,15)13-9-6-5-7-12-10(9)19(11,16)17/h2,5-7,13H,1,3-4,8H2,(H2,11,16,17). The number of sulfonamides is 2. The van der Waals surface area contributed by atoms with Crippen LogP contribution in [0.3, 0.4) is 0 Å². The van der Waals surface area contributed by atoms with E-state index in [4.69, 9.17) is 5.14 Å². The highest BCUT2D eigenvalue weighted by atomic mass is 32.2. The van der Waals surface area contributed by atoms with E-state index in [1.807, 2.05) is 0 Å². The number of hydrogen-bond acceptors (Lipinski definition) is 5. The quantitative estimate of drug-likeness (QED) is 0.559. The summed E-state index contributed by atoms with van der Waals surface area (Å²) in [6.45, 7) is 3.49. The van der Waals surface area contributed by atoms with Crippen LogP contribution in [0, 0.1) is 0 Å². The van der Waals surface area contributed by atoms with E-state index in [-0.39, 0.29) is 11.4 Å². The molecule has 0 fully saturated rings. The van der Waals surface area contributed by atoms with Gasteiger partial charge < -0.3 is 0 Å². The van der Waals surface area contributed by atoms with Gasteiger partial charge in [-0.15, -0.1) is 6.58 Å². The zero-order valence-corrected chi connectivity index (χ0v) is 11.7. The highest BCUT2D eigenvalue weighted by Crippen LogP contribution is 2.18. The molecule has 0 atom stereocenters. The van der Waals surface area contributed by atoms with Crippen LogP contribution in [0.4, 0.5) is 5.69 Å². The molecule has 0 saturated carbocycles. The second-order valence-electron chi connectivity index (χ2n) is 3.75. The zero-order valence-electron chi connectivity index (χ0n) is 10.1. The summed E-state index contributed by atoms with van der Waals surface area (Å²) in [6.07, 6.45) is 3.77. The van der Waals surface area contributed by atoms with Gasteiger partial charge in [0.2, 0.25) is 10.0 Å². The first-order valence-electron chi connectivity index (χ1n) is 5.35. The molecule has 0 bridgehead atoms. The molecule has 106 valence electrons. The summed E-state index contributed by atoms with van der Waals surface area (Å²) in [5.41, 5.74) is -0.149. The van der Waals surface area contributed by atoms with Crippen LogP contribution in [0.15, 0.2) is 36.0 Å². The monoisotopic (exact) mass is 305 g/mol. The predicted molar refractivity (Wildman–Crippen MR) is 72.5 cm³/mol. The number of pyridine rings is 1. The number of nitrogens with zero attached hydrogens (tertiary/aromatic N) is 1. The van der Waals surface area contributed by atoms with Crippen molar-refractivity contribution in [3.8, 4) is 0 Å². The number of anilines is 1. The number of rotatable bonds is 7. The van der Waals surface area contributed by atoms with E-state index >= 15 is 0 Å². The van der Waals surface area contributed by atoms with Gasteiger partial charge in [-0.1, -0.05) is 6.08 Å². The maximum Gasteiger partial charge on any atom is 0.257 e. The Bertz CT molecular complexity index is 653. The molecule has 1 heterocycles. The van der Waals surface area contributed by atoms with Crippen molar-refractivity contribution < 1.29 is 16.8 Å². The molecule has 0 aliphatic carbocycles. The summed E-state index contributed by atoms with van der Waals surface area (Å²) in [5, 5.41) is 4.46. The van der Waals surface area contributed by atoms with Crippen molar-refractivity contribution in [1.29, 1.82) is 0 Å². The molecule has 19 heavy (non-hydrogen) atoms. The van der Waals surface area contributed by atoms with Gasteiger partial charge in [0, 0.05) is 6.20 Å². The van der Waals surface area contributed by atoms with Gasteiger partial charge >= 0.3 is 0 Å². The van der Waals surface area contributed by atoms with Gasteiger partial charge in [-0.05, 0) is 25.0 Å². The van der Waals surface area contributed by atoms with E-state index in [1.165, 1.54) is 18.3 Å². The van der Waals surface area contributed by atoms with Crippen molar-refractivity contribution in [3.05, 3.63) is 31.0 Å². The van der Waals surface area contributed by atoms with Gasteiger partial charge in [0.1, 0.15) is 0 Å². The van der Waals surface area contributed by atoms with Crippen LogP contribution in [-0.4, -0.2) is 27.6 Å². The molecular formula is C10H15N3O4S2. The summed E-state index contributed by atoms with van der Waals surface area (Å²) in [6, 6.07) is 2.70. The second kappa shape index (κ2) is 6.13. The molecule has 0 aliphatic heterocycles. The highest BCUT2D eigenvalue weighted by Gasteiger charge is 2.19. The van der Waals surface area contributed by atoms with Crippen LogP contribution < -0.4 is 9.86 Å². The van der Waals surface area contributed by atoms with E-state index in [2.05, 4.69) is 16.3 Å². The molecule has 9 heteroatoms. The first kappa shape index (κ1) is 15.6. The maximum atomic E-state index is 11.7. The van der Waals surface area contributed by atoms with Crippen molar-refractivity contribution in [3.63, 3.8) is 0 Å². The first-order chi connectivity index (χ1) is 8.76. The molecule has 7 nitrogen and oxygen atoms in total. The minimum Gasteiger partial charge on any atom is -0.281 e. The predicted octanol–water partition coefficient (Wildman–Crippen LogP) is 0.437. The van der Waals surface area contributed by atoms with Crippen molar-refractivity contribution in [2.45, 2.75) is 17.9 Å². The molecule has 0 saturated heterocycles. The lowest BCUT2D eigenvalue weighted by Crippen LogP contribution is -2.21. The molecule has 0 amide bonds. The Balaban J connectivity index is 2.97. The third-order valence-electron chi connectivity index (χ3n) is 2.13. The van der Waals surface area contributed by atoms with Crippen molar-refractivity contribution in [2.24, 2.45) is 5.14 Å². The zero-order chi connectivity index (χ0) is 14.5. The third kappa shape index (κ3) is 4.97. The lowest BCUT2D eigenvalue weighted by molar-refractivity contribution is 0.594. The Labute approximate surface area is 112 Å². The number of nitrogens with one attached hydrogen (secondary N) is 1. The molecule has 1 aromatic rings. The molecule has 0 aliphatic rings. The number of hydrogen-bond donors (Lipinski definition) is 2. The minimum atomic E-state index is -4.09. The number of unbranched alkanes of at least 4 members (excludes halogenated alkanes) is 1. The molecule has 1 rings (SSSR count). The van der Waals surface area contributed by atoms with Gasteiger partial charge in [-0.2, -0.15) is 0 Å². The molecule has 0 radical (unpaired) electrons. The Morgan fingerprint density at radius 1 is 1.37 bits per heavy atom. The van der Waals surface area contributed by atoms with E-state index < -0.39 is 25.1 Å². The van der Waals surface area contributed by atoms with E-state index in [0.29, 0.717) is 12.8 Å². The summed E-state index contributed by atoms with van der Waals surface area (Å²) in [7, 11) is -7.73.